The summed E-state index contributed by atoms with van der Waals surface area (Å²) in [4.78, 5) is 2.66. The van der Waals surface area contributed by atoms with Crippen LogP contribution in [0.2, 0.25) is 0 Å². The average molecular weight is 310 g/mol. The Bertz CT molecular complexity index is 551. The lowest BCUT2D eigenvalue weighted by Crippen LogP contribution is -2.44. The quantitative estimate of drug-likeness (QED) is 0.877. The van der Waals surface area contributed by atoms with Gasteiger partial charge in [-0.1, -0.05) is 25.5 Å². The third-order valence-electron chi connectivity index (χ3n) is 3.95. The Morgan fingerprint density at radius 3 is 2.67 bits per heavy atom. The highest BCUT2D eigenvalue weighted by Gasteiger charge is 2.21. The molecule has 0 radical (unpaired) electrons. The number of nitrogens with one attached hydrogen (secondary N) is 1. The van der Waals surface area contributed by atoms with E-state index in [0.717, 1.165) is 31.7 Å². The molecule has 0 aromatic heterocycles. The number of benzene rings is 1. The van der Waals surface area contributed by atoms with Crippen LogP contribution in [0.5, 0.6) is 0 Å². The molecular formula is C16H26N2O2S. The van der Waals surface area contributed by atoms with Gasteiger partial charge in [-0.05, 0) is 37.9 Å². The molecule has 1 heterocycles. The van der Waals surface area contributed by atoms with Crippen LogP contribution in [0.4, 0.5) is 5.69 Å². The summed E-state index contributed by atoms with van der Waals surface area (Å²) in [6.45, 7) is 4.95. The maximum atomic E-state index is 12.0. The molecule has 4 nitrogen and oxygen atoms in total. The minimum Gasteiger partial charge on any atom is -0.369 e. The second kappa shape index (κ2) is 7.27. The molecule has 118 valence electrons. The normalized spacial score (nSPS) is 19.4. The first-order valence-corrected chi connectivity index (χ1v) is 9.69. The summed E-state index contributed by atoms with van der Waals surface area (Å²) in [7, 11) is -3.20. The zero-order chi connectivity index (χ0) is 15.3. The van der Waals surface area contributed by atoms with Gasteiger partial charge in [0.2, 0.25) is 0 Å². The Balaban J connectivity index is 2.25. The molecule has 1 fully saturated rings. The summed E-state index contributed by atoms with van der Waals surface area (Å²) in [5.74, 6) is 0. The van der Waals surface area contributed by atoms with E-state index in [9.17, 15) is 8.42 Å². The number of piperidine rings is 1. The van der Waals surface area contributed by atoms with E-state index in [2.05, 4.69) is 17.1 Å². The van der Waals surface area contributed by atoms with E-state index in [0.29, 0.717) is 10.9 Å². The van der Waals surface area contributed by atoms with Crippen molar-refractivity contribution in [2.75, 3.05) is 30.8 Å². The molecule has 1 N–H and O–H groups in total. The third-order valence-corrected chi connectivity index (χ3v) is 5.10. The maximum Gasteiger partial charge on any atom is 0.177 e. The number of hydrogen-bond donors (Lipinski definition) is 1. The second-order valence-electron chi connectivity index (χ2n) is 5.83. The highest BCUT2D eigenvalue weighted by Crippen LogP contribution is 2.26. The molecule has 21 heavy (non-hydrogen) atoms. The molecule has 1 aromatic rings. The van der Waals surface area contributed by atoms with Crippen LogP contribution in [0, 0.1) is 0 Å². The minimum atomic E-state index is -3.20. The fourth-order valence-corrected chi connectivity index (χ4v) is 3.86. The van der Waals surface area contributed by atoms with Crippen LogP contribution >= 0.6 is 0 Å². The average Bonchev–Trinajstić information content (AvgIpc) is 2.47. The van der Waals surface area contributed by atoms with Gasteiger partial charge in [0, 0.05) is 25.4 Å². The van der Waals surface area contributed by atoms with Crippen molar-refractivity contribution in [1.82, 2.24) is 5.32 Å². The van der Waals surface area contributed by atoms with Crippen LogP contribution in [-0.2, 0) is 9.84 Å². The molecular weight excluding hydrogens is 284 g/mol. The molecule has 1 unspecified atom stereocenters. The van der Waals surface area contributed by atoms with Gasteiger partial charge in [0.05, 0.1) is 10.6 Å². The van der Waals surface area contributed by atoms with Crippen LogP contribution in [0.15, 0.2) is 29.2 Å². The molecule has 0 aliphatic carbocycles. The van der Waals surface area contributed by atoms with Gasteiger partial charge in [-0.15, -0.1) is 0 Å². The predicted octanol–water partition coefficient (Wildman–Crippen LogP) is 2.45. The van der Waals surface area contributed by atoms with E-state index >= 15 is 0 Å². The Hall–Kier alpha value is -1.07. The predicted molar refractivity (Wildman–Crippen MR) is 87.7 cm³/mol. The maximum absolute atomic E-state index is 12.0. The van der Waals surface area contributed by atoms with Crippen LogP contribution in [0.1, 0.15) is 32.6 Å². The Labute approximate surface area is 128 Å². The van der Waals surface area contributed by atoms with Gasteiger partial charge in [0.1, 0.15) is 0 Å². The van der Waals surface area contributed by atoms with Gasteiger partial charge in [0.15, 0.2) is 9.84 Å². The highest BCUT2D eigenvalue weighted by molar-refractivity contribution is 7.90. The van der Waals surface area contributed by atoms with Gasteiger partial charge >= 0.3 is 0 Å². The molecule has 0 amide bonds. The van der Waals surface area contributed by atoms with Crippen molar-refractivity contribution < 1.29 is 8.42 Å². The number of anilines is 1. The first kappa shape index (κ1) is 16.3. The molecule has 1 saturated heterocycles. The standard InChI is InChI=1S/C16H26N2O2S/c1-3-12-18(13-14-8-6-7-11-17-14)15-9-4-5-10-16(15)21(2,19)20/h4-5,9-10,14,17H,3,6-8,11-13H2,1-2H3. The van der Waals surface area contributed by atoms with Crippen molar-refractivity contribution >= 4 is 15.5 Å². The summed E-state index contributed by atoms with van der Waals surface area (Å²) in [5, 5.41) is 3.54. The lowest BCUT2D eigenvalue weighted by atomic mass is 10.0. The van der Waals surface area contributed by atoms with E-state index in [-0.39, 0.29) is 0 Å². The van der Waals surface area contributed by atoms with Crippen molar-refractivity contribution in [2.45, 2.75) is 43.5 Å². The summed E-state index contributed by atoms with van der Waals surface area (Å²) in [6.07, 6.45) is 5.95. The van der Waals surface area contributed by atoms with Gasteiger partial charge in [-0.25, -0.2) is 8.42 Å². The van der Waals surface area contributed by atoms with Gasteiger partial charge in [-0.2, -0.15) is 0 Å². The van der Waals surface area contributed by atoms with Crippen molar-refractivity contribution in [1.29, 1.82) is 0 Å². The van der Waals surface area contributed by atoms with E-state index in [4.69, 9.17) is 0 Å². The van der Waals surface area contributed by atoms with Gasteiger partial charge in [-0.3, -0.25) is 0 Å². The van der Waals surface area contributed by atoms with Crippen molar-refractivity contribution in [2.24, 2.45) is 0 Å². The Kier molecular flexibility index (Phi) is 5.65. The zero-order valence-electron chi connectivity index (χ0n) is 13.0. The molecule has 1 aliphatic heterocycles. The summed E-state index contributed by atoms with van der Waals surface area (Å²) < 4.78 is 24.0. The molecule has 0 saturated carbocycles. The monoisotopic (exact) mass is 310 g/mol. The topological polar surface area (TPSA) is 49.4 Å². The first-order valence-electron chi connectivity index (χ1n) is 7.79. The second-order valence-corrected chi connectivity index (χ2v) is 7.82. The number of sulfone groups is 1. The van der Waals surface area contributed by atoms with E-state index < -0.39 is 9.84 Å². The van der Waals surface area contributed by atoms with Crippen LogP contribution in [0.25, 0.3) is 0 Å². The molecule has 1 atom stereocenters. The molecule has 1 aromatic carbocycles. The number of hydrogen-bond acceptors (Lipinski definition) is 4. The van der Waals surface area contributed by atoms with Crippen LogP contribution in [-0.4, -0.2) is 40.3 Å². The SMILES string of the molecule is CCCN(CC1CCCCN1)c1ccccc1S(C)(=O)=O. The lowest BCUT2D eigenvalue weighted by Gasteiger charge is -2.32. The number of rotatable bonds is 6. The van der Waals surface area contributed by atoms with Crippen molar-refractivity contribution in [3.8, 4) is 0 Å². The molecule has 2 rings (SSSR count). The summed E-state index contributed by atoms with van der Waals surface area (Å²) in [6, 6.07) is 7.80. The zero-order valence-corrected chi connectivity index (χ0v) is 13.8. The van der Waals surface area contributed by atoms with E-state index in [1.54, 1.807) is 12.1 Å². The van der Waals surface area contributed by atoms with Crippen LogP contribution < -0.4 is 10.2 Å². The van der Waals surface area contributed by atoms with E-state index in [1.807, 2.05) is 12.1 Å². The summed E-state index contributed by atoms with van der Waals surface area (Å²) in [5.41, 5.74) is 0.842. The first-order chi connectivity index (χ1) is 10.0. The smallest absolute Gasteiger partial charge is 0.177 e. The van der Waals surface area contributed by atoms with Crippen LogP contribution in [0.3, 0.4) is 0 Å². The lowest BCUT2D eigenvalue weighted by molar-refractivity contribution is 0.398. The minimum absolute atomic E-state index is 0.439. The molecule has 1 aliphatic rings. The fourth-order valence-electron chi connectivity index (χ4n) is 2.96. The van der Waals surface area contributed by atoms with Crippen molar-refractivity contribution in [3.63, 3.8) is 0 Å². The van der Waals surface area contributed by atoms with Gasteiger partial charge < -0.3 is 10.2 Å². The number of nitrogens with zero attached hydrogens (tertiary/aromatic N) is 1. The third kappa shape index (κ3) is 4.45. The Morgan fingerprint density at radius 2 is 2.05 bits per heavy atom. The van der Waals surface area contributed by atoms with E-state index in [1.165, 1.54) is 25.5 Å². The Morgan fingerprint density at radius 1 is 1.29 bits per heavy atom. The summed E-state index contributed by atoms with van der Waals surface area (Å²) >= 11 is 0. The van der Waals surface area contributed by atoms with Crippen molar-refractivity contribution in [3.05, 3.63) is 24.3 Å². The highest BCUT2D eigenvalue weighted by atomic mass is 32.2. The number of para-hydroxylation sites is 1. The van der Waals surface area contributed by atoms with Gasteiger partial charge in [0.25, 0.3) is 0 Å². The largest absolute Gasteiger partial charge is 0.369 e. The molecule has 5 heteroatoms. The molecule has 0 spiro atoms. The fraction of sp³-hybridized carbons (Fsp3) is 0.625. The molecule has 0 bridgehead atoms.